The summed E-state index contributed by atoms with van der Waals surface area (Å²) in [4.78, 5) is 0. The van der Waals surface area contributed by atoms with Crippen molar-refractivity contribution < 1.29 is 34.4 Å². The summed E-state index contributed by atoms with van der Waals surface area (Å²) >= 11 is 0. The molecule has 0 bridgehead atoms. The number of hydrogen-bond donors (Lipinski definition) is 0. The van der Waals surface area contributed by atoms with Gasteiger partial charge in [0.2, 0.25) is 6.17 Å². The monoisotopic (exact) mass is 254 g/mol. The third-order valence-electron chi connectivity index (χ3n) is 1.77. The van der Waals surface area contributed by atoms with Gasteiger partial charge in [-0.15, -0.1) is 0 Å². The van der Waals surface area contributed by atoms with Crippen LogP contribution in [-0.2, 0) is 10.9 Å². The van der Waals surface area contributed by atoms with Crippen LogP contribution in [0, 0.1) is 0 Å². The minimum absolute atomic E-state index is 0. The first-order chi connectivity index (χ1) is 5.92. The first-order valence-corrected chi connectivity index (χ1v) is 4.99. The van der Waals surface area contributed by atoms with E-state index in [9.17, 15) is 22.0 Å². The Morgan fingerprint density at radius 2 is 1.79 bits per heavy atom. The fourth-order valence-electron chi connectivity index (χ4n) is 1.10. The second kappa shape index (κ2) is 4.70. The van der Waals surface area contributed by atoms with Gasteiger partial charge in [-0.05, 0) is 6.08 Å². The third-order valence-corrected chi connectivity index (χ3v) is 4.09. The van der Waals surface area contributed by atoms with Gasteiger partial charge in [0.1, 0.15) is 16.6 Å². The lowest BCUT2D eigenvalue weighted by molar-refractivity contribution is -0.0165. The SMILES string of the molecule is C=CC[S+]1C(F)C(F)C(F)C1(F)F.[Cl-]. The predicted octanol–water partition coefficient (Wildman–Crippen LogP) is -0.627. The van der Waals surface area contributed by atoms with Crippen molar-refractivity contribution >= 4 is 10.9 Å². The molecule has 1 rings (SSSR count). The van der Waals surface area contributed by atoms with E-state index in [-0.39, 0.29) is 12.4 Å². The standard InChI is InChI=1S/C7H8F5S.ClH/c1-2-3-13-6(10)4(8)5(9)7(13,11)12;/h2,4-6H,1,3H2;1H/q+1;/p-1. The zero-order chi connectivity index (χ0) is 10.2. The number of rotatable bonds is 2. The highest BCUT2D eigenvalue weighted by atomic mass is 35.5. The maximum absolute atomic E-state index is 12.8. The summed E-state index contributed by atoms with van der Waals surface area (Å²) in [6, 6.07) is 0. The van der Waals surface area contributed by atoms with E-state index in [0.29, 0.717) is 0 Å². The van der Waals surface area contributed by atoms with Crippen molar-refractivity contribution in [3.05, 3.63) is 12.7 Å². The van der Waals surface area contributed by atoms with E-state index in [1.165, 1.54) is 0 Å². The Morgan fingerprint density at radius 3 is 2.07 bits per heavy atom. The van der Waals surface area contributed by atoms with Gasteiger partial charge in [-0.1, -0.05) is 6.58 Å². The summed E-state index contributed by atoms with van der Waals surface area (Å²) in [6.45, 7) is 3.14. The lowest BCUT2D eigenvalue weighted by Gasteiger charge is -2.09. The molecule has 0 aromatic heterocycles. The van der Waals surface area contributed by atoms with Crippen molar-refractivity contribution in [1.82, 2.24) is 0 Å². The zero-order valence-electron chi connectivity index (χ0n) is 6.90. The molecule has 0 aromatic carbocycles. The van der Waals surface area contributed by atoms with E-state index in [0.717, 1.165) is 6.08 Å². The summed E-state index contributed by atoms with van der Waals surface area (Å²) in [6.07, 6.45) is -4.68. The fourth-order valence-corrected chi connectivity index (χ4v) is 2.93. The van der Waals surface area contributed by atoms with E-state index in [2.05, 4.69) is 6.58 Å². The largest absolute Gasteiger partial charge is 1.00 e. The van der Waals surface area contributed by atoms with Gasteiger partial charge in [0, 0.05) is 0 Å². The van der Waals surface area contributed by atoms with Crippen molar-refractivity contribution in [2.75, 3.05) is 5.75 Å². The third kappa shape index (κ3) is 2.00. The Bertz CT molecular complexity index is 212. The molecule has 0 aliphatic carbocycles. The molecule has 0 aromatic rings. The first kappa shape index (κ1) is 14.0. The highest BCUT2D eigenvalue weighted by Crippen LogP contribution is 2.45. The molecule has 7 heteroatoms. The maximum Gasteiger partial charge on any atom is 0.446 e. The maximum atomic E-state index is 12.8. The van der Waals surface area contributed by atoms with Gasteiger partial charge in [-0.2, -0.15) is 13.2 Å². The van der Waals surface area contributed by atoms with Crippen LogP contribution in [0.3, 0.4) is 0 Å². The molecule has 0 spiro atoms. The van der Waals surface area contributed by atoms with Crippen LogP contribution >= 0.6 is 0 Å². The van der Waals surface area contributed by atoms with Crippen LogP contribution in [-0.4, -0.2) is 28.9 Å². The second-order valence-corrected chi connectivity index (χ2v) is 4.83. The predicted molar refractivity (Wildman–Crippen MR) is 42.1 cm³/mol. The topological polar surface area (TPSA) is 0 Å². The molecule has 0 radical (unpaired) electrons. The molecule has 14 heavy (non-hydrogen) atoms. The van der Waals surface area contributed by atoms with Gasteiger partial charge in [-0.25, -0.2) is 8.78 Å². The lowest BCUT2D eigenvalue weighted by Crippen LogP contribution is -3.00. The minimum atomic E-state index is -3.90. The van der Waals surface area contributed by atoms with Crippen molar-refractivity contribution in [3.8, 4) is 0 Å². The van der Waals surface area contributed by atoms with Crippen molar-refractivity contribution in [2.24, 2.45) is 0 Å². The Kier molecular flexibility index (Phi) is 4.71. The quantitative estimate of drug-likeness (QED) is 0.350. The Labute approximate surface area is 87.3 Å². The van der Waals surface area contributed by atoms with E-state index < -0.39 is 39.7 Å². The van der Waals surface area contributed by atoms with Crippen molar-refractivity contribution in [2.45, 2.75) is 23.1 Å². The highest BCUT2D eigenvalue weighted by Gasteiger charge is 2.73. The normalized spacial score (nSPS) is 40.4. The average molecular weight is 255 g/mol. The molecule has 4 atom stereocenters. The molecule has 0 nitrogen and oxygen atoms in total. The number of alkyl halides is 5. The van der Waals surface area contributed by atoms with Gasteiger partial charge in [0.25, 0.3) is 11.7 Å². The Balaban J connectivity index is 0.00000169. The second-order valence-electron chi connectivity index (χ2n) is 2.64. The van der Waals surface area contributed by atoms with Crippen LogP contribution in [0.5, 0.6) is 0 Å². The van der Waals surface area contributed by atoms with E-state index >= 15 is 0 Å². The average Bonchev–Trinajstić information content (AvgIpc) is 2.20. The molecule has 84 valence electrons. The van der Waals surface area contributed by atoms with Crippen molar-refractivity contribution in [1.29, 1.82) is 0 Å². The Hall–Kier alpha value is 0.0300. The van der Waals surface area contributed by atoms with Crippen LogP contribution in [0.15, 0.2) is 12.7 Å². The van der Waals surface area contributed by atoms with Crippen LogP contribution in [0.2, 0.25) is 0 Å². The van der Waals surface area contributed by atoms with Crippen LogP contribution < -0.4 is 12.4 Å². The molecule has 4 unspecified atom stereocenters. The van der Waals surface area contributed by atoms with Gasteiger partial charge >= 0.3 is 5.25 Å². The van der Waals surface area contributed by atoms with E-state index in [1.807, 2.05) is 0 Å². The molecule has 1 aliphatic rings. The van der Waals surface area contributed by atoms with Gasteiger partial charge in [0.15, 0.2) is 0 Å². The number of hydrogen-bond acceptors (Lipinski definition) is 0. The molecular formula is C7H8ClF5S. The highest BCUT2D eigenvalue weighted by molar-refractivity contribution is 7.98. The molecule has 0 amide bonds. The number of halogens is 6. The summed E-state index contributed by atoms with van der Waals surface area (Å²) in [5.41, 5.74) is -2.41. The summed E-state index contributed by atoms with van der Waals surface area (Å²) in [5.74, 6) is -0.394. The van der Waals surface area contributed by atoms with E-state index in [4.69, 9.17) is 0 Å². The molecule has 1 heterocycles. The van der Waals surface area contributed by atoms with Gasteiger partial charge < -0.3 is 12.4 Å². The first-order valence-electron chi connectivity index (χ1n) is 3.53. The molecule has 1 aliphatic heterocycles. The molecular weight excluding hydrogens is 247 g/mol. The zero-order valence-corrected chi connectivity index (χ0v) is 8.47. The fraction of sp³-hybridized carbons (Fsp3) is 0.714. The Morgan fingerprint density at radius 1 is 1.29 bits per heavy atom. The van der Waals surface area contributed by atoms with Crippen LogP contribution in [0.1, 0.15) is 0 Å². The summed E-state index contributed by atoms with van der Waals surface area (Å²) in [7, 11) is -2.21. The van der Waals surface area contributed by atoms with E-state index in [1.54, 1.807) is 0 Å². The van der Waals surface area contributed by atoms with Gasteiger partial charge in [0.05, 0.1) is 0 Å². The van der Waals surface area contributed by atoms with Crippen LogP contribution in [0.25, 0.3) is 0 Å². The minimum Gasteiger partial charge on any atom is -1.00 e. The summed E-state index contributed by atoms with van der Waals surface area (Å²) in [5, 5.41) is -3.90. The smallest absolute Gasteiger partial charge is 0.446 e. The van der Waals surface area contributed by atoms with Crippen LogP contribution in [0.4, 0.5) is 22.0 Å². The molecule has 0 N–H and O–H groups in total. The summed E-state index contributed by atoms with van der Waals surface area (Å²) < 4.78 is 63.4. The molecule has 0 saturated carbocycles. The molecule has 1 saturated heterocycles. The van der Waals surface area contributed by atoms with Crippen molar-refractivity contribution in [3.63, 3.8) is 0 Å². The lowest BCUT2D eigenvalue weighted by atomic mass is 10.3. The van der Waals surface area contributed by atoms with Gasteiger partial charge in [-0.3, -0.25) is 0 Å². The molecule has 1 fully saturated rings.